The van der Waals surface area contributed by atoms with Crippen LogP contribution in [0.4, 0.5) is 16.4 Å². The molecule has 35 heavy (non-hydrogen) atoms. The number of aromatic amines is 1. The molecule has 0 unspecified atom stereocenters. The molecule has 0 radical (unpaired) electrons. The van der Waals surface area contributed by atoms with Crippen molar-refractivity contribution < 1.29 is 14.3 Å². The topological polar surface area (TPSA) is 112 Å². The predicted octanol–water partition coefficient (Wildman–Crippen LogP) is 2.94. The van der Waals surface area contributed by atoms with E-state index in [1.54, 1.807) is 19.4 Å². The van der Waals surface area contributed by atoms with Crippen molar-refractivity contribution in [3.8, 4) is 6.01 Å². The molecular formula is C24H38N8O3. The molecule has 1 fully saturated rings. The van der Waals surface area contributed by atoms with Gasteiger partial charge in [-0.05, 0) is 47.1 Å². The lowest BCUT2D eigenvalue weighted by Gasteiger charge is -2.46. The molecule has 2 N–H and O–H groups in total. The Labute approximate surface area is 207 Å². The number of fused-ring (bicyclic) bond motifs is 1. The number of nitrogens with zero attached hydrogens (tertiary/aromatic N) is 6. The van der Waals surface area contributed by atoms with E-state index in [-0.39, 0.29) is 12.1 Å². The summed E-state index contributed by atoms with van der Waals surface area (Å²) >= 11 is 0. The van der Waals surface area contributed by atoms with E-state index in [0.717, 1.165) is 37.4 Å². The number of piperazine rings is 1. The van der Waals surface area contributed by atoms with Gasteiger partial charge in [-0.2, -0.15) is 10.1 Å². The maximum absolute atomic E-state index is 13.8. The Balaban J connectivity index is 1.47. The smallest absolute Gasteiger partial charge is 0.321 e. The van der Waals surface area contributed by atoms with Crippen molar-refractivity contribution in [1.82, 2.24) is 34.9 Å². The summed E-state index contributed by atoms with van der Waals surface area (Å²) in [6.07, 6.45) is 2.64. The molecular weight excluding hydrogens is 448 g/mol. The van der Waals surface area contributed by atoms with E-state index >= 15 is 0 Å². The van der Waals surface area contributed by atoms with Gasteiger partial charge in [0.25, 0.3) is 0 Å². The van der Waals surface area contributed by atoms with Gasteiger partial charge in [0.1, 0.15) is 5.82 Å². The summed E-state index contributed by atoms with van der Waals surface area (Å²) in [5, 5.41) is 10.9. The minimum Gasteiger partial charge on any atom is -0.464 e. The Morgan fingerprint density at radius 3 is 2.83 bits per heavy atom. The van der Waals surface area contributed by atoms with Crippen molar-refractivity contribution >= 4 is 17.7 Å². The maximum Gasteiger partial charge on any atom is 0.321 e. The highest BCUT2D eigenvalue weighted by atomic mass is 16.5. The number of aromatic nitrogens is 4. The summed E-state index contributed by atoms with van der Waals surface area (Å²) in [5.74, 6) is 1.25. The van der Waals surface area contributed by atoms with Gasteiger partial charge in [0.15, 0.2) is 5.82 Å². The first-order chi connectivity index (χ1) is 16.8. The Morgan fingerprint density at radius 2 is 2.09 bits per heavy atom. The molecule has 2 aromatic heterocycles. The molecule has 0 aromatic carbocycles. The van der Waals surface area contributed by atoms with Crippen LogP contribution in [0.5, 0.6) is 6.01 Å². The molecule has 2 aliphatic rings. The number of amides is 2. The summed E-state index contributed by atoms with van der Waals surface area (Å²) in [5.41, 5.74) is 1.39. The van der Waals surface area contributed by atoms with Crippen molar-refractivity contribution in [3.63, 3.8) is 0 Å². The second-order valence-corrected chi connectivity index (χ2v) is 9.83. The quantitative estimate of drug-likeness (QED) is 0.548. The standard InChI is InChI=1S/C24H38N8O3/c1-7-35-22-25-10-9-19(27-22)26-21-18-15-32(24(4,5)20(18)28-29-21)23(33)31-14-16(2)30(13-17(31)3)11-8-12-34-6/h9-10,16-17H,7-8,11-15H2,1-6H3,(H2,25,26,27,28,29)/t16-,17+/m1/s1. The summed E-state index contributed by atoms with van der Waals surface area (Å²) in [7, 11) is 1.73. The lowest BCUT2D eigenvalue weighted by Crippen LogP contribution is -2.61. The van der Waals surface area contributed by atoms with E-state index in [0.29, 0.717) is 43.4 Å². The molecule has 1 saturated heterocycles. The maximum atomic E-state index is 13.8. The van der Waals surface area contributed by atoms with E-state index in [1.807, 2.05) is 16.7 Å². The van der Waals surface area contributed by atoms with Crippen LogP contribution in [0.25, 0.3) is 0 Å². The number of hydrogen-bond acceptors (Lipinski definition) is 8. The highest BCUT2D eigenvalue weighted by Crippen LogP contribution is 2.42. The van der Waals surface area contributed by atoms with Gasteiger partial charge in [-0.15, -0.1) is 0 Å². The SMILES string of the molecule is CCOc1nccc(Nc2n[nH]c3c2CN(C(=O)N2C[C@@H](C)N(CCCOC)C[C@@H]2C)C3(C)C)n1. The summed E-state index contributed by atoms with van der Waals surface area (Å²) < 4.78 is 10.6. The number of urea groups is 1. The number of carbonyl (C=O) groups is 1. The van der Waals surface area contributed by atoms with E-state index in [2.05, 4.69) is 58.1 Å². The van der Waals surface area contributed by atoms with E-state index < -0.39 is 5.54 Å². The van der Waals surface area contributed by atoms with Gasteiger partial charge in [0.2, 0.25) is 0 Å². The Kier molecular flexibility index (Phi) is 7.46. The van der Waals surface area contributed by atoms with Crippen molar-refractivity contribution in [2.75, 3.05) is 45.3 Å². The average Bonchev–Trinajstić information content (AvgIpc) is 3.34. The Morgan fingerprint density at radius 1 is 1.29 bits per heavy atom. The Hall–Kier alpha value is -2.92. The molecule has 11 heteroatoms. The molecule has 0 saturated carbocycles. The second-order valence-electron chi connectivity index (χ2n) is 9.83. The third-order valence-electron chi connectivity index (χ3n) is 7.01. The van der Waals surface area contributed by atoms with Gasteiger partial charge >= 0.3 is 12.0 Å². The molecule has 192 valence electrons. The van der Waals surface area contributed by atoms with E-state index in [4.69, 9.17) is 9.47 Å². The molecule has 2 aromatic rings. The fourth-order valence-corrected chi connectivity index (χ4v) is 5.00. The second kappa shape index (κ2) is 10.4. The molecule has 2 aliphatic heterocycles. The van der Waals surface area contributed by atoms with Gasteiger partial charge in [-0.1, -0.05) is 0 Å². The first-order valence-electron chi connectivity index (χ1n) is 12.4. The lowest BCUT2D eigenvalue weighted by atomic mass is 10.0. The predicted molar refractivity (Wildman–Crippen MR) is 133 cm³/mol. The van der Waals surface area contributed by atoms with Crippen LogP contribution in [0.3, 0.4) is 0 Å². The van der Waals surface area contributed by atoms with Gasteiger partial charge in [0.05, 0.1) is 24.4 Å². The molecule has 2 amide bonds. The van der Waals surface area contributed by atoms with Gasteiger partial charge in [-0.25, -0.2) is 9.78 Å². The number of rotatable bonds is 8. The molecule has 0 bridgehead atoms. The van der Waals surface area contributed by atoms with Gasteiger partial charge in [-0.3, -0.25) is 10.00 Å². The number of anilines is 2. The number of hydrogen-bond donors (Lipinski definition) is 2. The lowest BCUT2D eigenvalue weighted by molar-refractivity contribution is 0.0315. The van der Waals surface area contributed by atoms with Crippen LogP contribution in [0.15, 0.2) is 12.3 Å². The number of ether oxygens (including phenoxy) is 2. The molecule has 2 atom stereocenters. The number of nitrogens with one attached hydrogen (secondary N) is 2. The number of methoxy groups -OCH3 is 1. The van der Waals surface area contributed by atoms with Crippen LogP contribution >= 0.6 is 0 Å². The zero-order valence-corrected chi connectivity index (χ0v) is 21.7. The highest BCUT2D eigenvalue weighted by Gasteiger charge is 2.46. The van der Waals surface area contributed by atoms with E-state index in [9.17, 15) is 4.79 Å². The van der Waals surface area contributed by atoms with Gasteiger partial charge < -0.3 is 24.6 Å². The minimum absolute atomic E-state index is 0.0575. The molecule has 4 heterocycles. The largest absolute Gasteiger partial charge is 0.464 e. The average molecular weight is 487 g/mol. The molecule has 0 aliphatic carbocycles. The van der Waals surface area contributed by atoms with Crippen LogP contribution in [0.2, 0.25) is 0 Å². The van der Waals surface area contributed by atoms with Crippen LogP contribution < -0.4 is 10.1 Å². The third-order valence-corrected chi connectivity index (χ3v) is 7.01. The van der Waals surface area contributed by atoms with Crippen LogP contribution in [0.1, 0.15) is 52.3 Å². The first kappa shape index (κ1) is 25.2. The summed E-state index contributed by atoms with van der Waals surface area (Å²) in [6.45, 7) is 14.6. The molecule has 0 spiro atoms. The van der Waals surface area contributed by atoms with Crippen molar-refractivity contribution in [2.45, 2.75) is 65.2 Å². The van der Waals surface area contributed by atoms with Crippen LogP contribution in [0, 0.1) is 0 Å². The van der Waals surface area contributed by atoms with Crippen molar-refractivity contribution in [3.05, 3.63) is 23.5 Å². The fraction of sp³-hybridized carbons (Fsp3) is 0.667. The molecule has 4 rings (SSSR count). The fourth-order valence-electron chi connectivity index (χ4n) is 5.00. The van der Waals surface area contributed by atoms with Crippen LogP contribution in [-0.4, -0.2) is 92.9 Å². The normalized spacial score (nSPS) is 21.8. The molecule has 11 nitrogen and oxygen atoms in total. The summed E-state index contributed by atoms with van der Waals surface area (Å²) in [6, 6.07) is 2.56. The number of carbonyl (C=O) groups excluding carboxylic acids is 1. The van der Waals surface area contributed by atoms with Crippen LogP contribution in [-0.2, 0) is 16.8 Å². The monoisotopic (exact) mass is 486 g/mol. The van der Waals surface area contributed by atoms with E-state index in [1.165, 1.54) is 0 Å². The van der Waals surface area contributed by atoms with Crippen molar-refractivity contribution in [2.24, 2.45) is 0 Å². The zero-order chi connectivity index (χ0) is 25.2. The third kappa shape index (κ3) is 5.06. The highest BCUT2D eigenvalue weighted by molar-refractivity contribution is 5.78. The summed E-state index contributed by atoms with van der Waals surface area (Å²) in [4.78, 5) is 28.7. The van der Waals surface area contributed by atoms with Gasteiger partial charge in [0, 0.05) is 57.2 Å². The number of H-pyrrole nitrogens is 1. The minimum atomic E-state index is -0.514. The van der Waals surface area contributed by atoms with Crippen molar-refractivity contribution in [1.29, 1.82) is 0 Å². The Bertz CT molecular complexity index is 1030. The first-order valence-corrected chi connectivity index (χ1v) is 12.4. The zero-order valence-electron chi connectivity index (χ0n) is 21.7.